The number of likely N-dealkylation sites (N-methyl/N-ethyl adjacent to an activating group) is 1. The van der Waals surface area contributed by atoms with Crippen molar-refractivity contribution < 1.29 is 14.3 Å². The highest BCUT2D eigenvalue weighted by Gasteiger charge is 2.18. The summed E-state index contributed by atoms with van der Waals surface area (Å²) in [6.45, 7) is 2.40. The van der Waals surface area contributed by atoms with Crippen molar-refractivity contribution in [2.75, 3.05) is 6.54 Å². The van der Waals surface area contributed by atoms with Gasteiger partial charge in [0, 0.05) is 6.42 Å². The van der Waals surface area contributed by atoms with Gasteiger partial charge in [0.05, 0.1) is 11.0 Å². The monoisotopic (exact) mass is 251 g/mol. The molecule has 1 unspecified atom stereocenters. The lowest BCUT2D eigenvalue weighted by Crippen LogP contribution is -2.38. The van der Waals surface area contributed by atoms with E-state index in [2.05, 4.69) is 15.3 Å². The van der Waals surface area contributed by atoms with E-state index in [1.165, 1.54) is 12.1 Å². The molecule has 6 heteroatoms. The maximum absolute atomic E-state index is 13.0. The highest BCUT2D eigenvalue weighted by atomic mass is 19.1. The molecule has 0 fully saturated rings. The maximum atomic E-state index is 13.0. The Kier molecular flexibility index (Phi) is 3.57. The first-order chi connectivity index (χ1) is 8.60. The summed E-state index contributed by atoms with van der Waals surface area (Å²) >= 11 is 0. The number of carbonyl (C=O) groups is 1. The molecule has 0 spiro atoms. The Morgan fingerprint density at radius 1 is 1.61 bits per heavy atom. The van der Waals surface area contributed by atoms with Gasteiger partial charge in [0.1, 0.15) is 17.7 Å². The topological polar surface area (TPSA) is 78.0 Å². The molecule has 1 atom stereocenters. The van der Waals surface area contributed by atoms with Gasteiger partial charge in [0.2, 0.25) is 0 Å². The van der Waals surface area contributed by atoms with E-state index in [-0.39, 0.29) is 12.2 Å². The third kappa shape index (κ3) is 2.65. The van der Waals surface area contributed by atoms with Crippen molar-refractivity contribution in [3.8, 4) is 0 Å². The number of nitrogens with zero attached hydrogens (tertiary/aromatic N) is 1. The number of benzene rings is 1. The van der Waals surface area contributed by atoms with Gasteiger partial charge >= 0.3 is 5.97 Å². The molecule has 96 valence electrons. The lowest BCUT2D eigenvalue weighted by Gasteiger charge is -2.10. The van der Waals surface area contributed by atoms with Crippen LogP contribution in [0.5, 0.6) is 0 Å². The predicted molar refractivity (Wildman–Crippen MR) is 64.9 cm³/mol. The van der Waals surface area contributed by atoms with Crippen molar-refractivity contribution in [1.82, 2.24) is 15.3 Å². The minimum Gasteiger partial charge on any atom is -0.480 e. The predicted octanol–water partition coefficient (Wildman–Crippen LogP) is 1.31. The molecule has 0 amide bonds. The van der Waals surface area contributed by atoms with Crippen molar-refractivity contribution in [1.29, 1.82) is 0 Å². The van der Waals surface area contributed by atoms with Gasteiger partial charge in [0.25, 0.3) is 0 Å². The smallest absolute Gasteiger partial charge is 0.321 e. The summed E-state index contributed by atoms with van der Waals surface area (Å²) in [5.41, 5.74) is 1.21. The quantitative estimate of drug-likeness (QED) is 0.748. The van der Waals surface area contributed by atoms with Crippen LogP contribution >= 0.6 is 0 Å². The maximum Gasteiger partial charge on any atom is 0.321 e. The molecule has 0 aliphatic heterocycles. The molecular weight excluding hydrogens is 237 g/mol. The van der Waals surface area contributed by atoms with E-state index in [9.17, 15) is 9.18 Å². The van der Waals surface area contributed by atoms with Crippen LogP contribution in [0, 0.1) is 5.82 Å². The van der Waals surface area contributed by atoms with Gasteiger partial charge in [-0.1, -0.05) is 6.92 Å². The molecule has 0 saturated carbocycles. The lowest BCUT2D eigenvalue weighted by molar-refractivity contribution is -0.139. The fourth-order valence-electron chi connectivity index (χ4n) is 1.82. The zero-order chi connectivity index (χ0) is 13.1. The highest BCUT2D eigenvalue weighted by molar-refractivity contribution is 5.76. The normalized spacial score (nSPS) is 12.8. The van der Waals surface area contributed by atoms with E-state index < -0.39 is 12.0 Å². The fraction of sp³-hybridized carbons (Fsp3) is 0.333. The van der Waals surface area contributed by atoms with Crippen LogP contribution in [0.15, 0.2) is 18.2 Å². The SMILES string of the molecule is CCNC(Cc1nc2ccc(F)cc2[nH]1)C(=O)O. The fourth-order valence-corrected chi connectivity index (χ4v) is 1.82. The molecule has 2 aromatic rings. The number of nitrogens with one attached hydrogen (secondary N) is 2. The van der Waals surface area contributed by atoms with Gasteiger partial charge < -0.3 is 15.4 Å². The van der Waals surface area contributed by atoms with Crippen LogP contribution in [0.4, 0.5) is 4.39 Å². The average molecular weight is 251 g/mol. The molecule has 1 aromatic carbocycles. The van der Waals surface area contributed by atoms with Crippen LogP contribution in [0.1, 0.15) is 12.7 Å². The Bertz CT molecular complexity index is 567. The summed E-state index contributed by atoms with van der Waals surface area (Å²) in [5, 5.41) is 11.9. The number of carboxylic acid groups (broad SMARTS) is 1. The minimum atomic E-state index is -0.927. The molecule has 0 aliphatic rings. The first-order valence-corrected chi connectivity index (χ1v) is 5.70. The molecule has 0 radical (unpaired) electrons. The Labute approximate surface area is 103 Å². The number of imidazole rings is 1. The number of carboxylic acids is 1. The van der Waals surface area contributed by atoms with Crippen molar-refractivity contribution in [2.24, 2.45) is 0 Å². The summed E-state index contributed by atoms with van der Waals surface area (Å²) in [4.78, 5) is 18.2. The van der Waals surface area contributed by atoms with E-state index in [4.69, 9.17) is 5.11 Å². The number of H-pyrrole nitrogens is 1. The standard InChI is InChI=1S/C12H14FN3O2/c1-2-14-10(12(17)18)6-11-15-8-4-3-7(13)5-9(8)16-11/h3-5,10,14H,2,6H2,1H3,(H,15,16)(H,17,18). The third-order valence-corrected chi connectivity index (χ3v) is 2.64. The molecule has 1 aromatic heterocycles. The van der Waals surface area contributed by atoms with Crippen molar-refractivity contribution in [3.05, 3.63) is 29.8 Å². The van der Waals surface area contributed by atoms with Crippen LogP contribution in [0.25, 0.3) is 11.0 Å². The third-order valence-electron chi connectivity index (χ3n) is 2.64. The number of hydrogen-bond acceptors (Lipinski definition) is 3. The van der Waals surface area contributed by atoms with Crippen molar-refractivity contribution in [3.63, 3.8) is 0 Å². The first-order valence-electron chi connectivity index (χ1n) is 5.70. The summed E-state index contributed by atoms with van der Waals surface area (Å²) in [6, 6.07) is 3.54. The van der Waals surface area contributed by atoms with E-state index in [0.29, 0.717) is 23.4 Å². The largest absolute Gasteiger partial charge is 0.480 e. The van der Waals surface area contributed by atoms with E-state index >= 15 is 0 Å². The first kappa shape index (κ1) is 12.5. The summed E-state index contributed by atoms with van der Waals surface area (Å²) in [7, 11) is 0. The van der Waals surface area contributed by atoms with Gasteiger partial charge in [0.15, 0.2) is 0 Å². The van der Waals surface area contributed by atoms with Crippen molar-refractivity contribution in [2.45, 2.75) is 19.4 Å². The molecule has 5 nitrogen and oxygen atoms in total. The minimum absolute atomic E-state index is 0.236. The van der Waals surface area contributed by atoms with E-state index in [1.54, 1.807) is 6.07 Å². The molecule has 0 aliphatic carbocycles. The number of aliphatic carboxylic acids is 1. The highest BCUT2D eigenvalue weighted by Crippen LogP contribution is 2.13. The molecule has 0 saturated heterocycles. The van der Waals surface area contributed by atoms with E-state index in [1.807, 2.05) is 6.92 Å². The second-order valence-electron chi connectivity index (χ2n) is 4.00. The van der Waals surface area contributed by atoms with Crippen molar-refractivity contribution >= 4 is 17.0 Å². The summed E-state index contributed by atoms with van der Waals surface area (Å²) in [5.74, 6) is -0.744. The number of rotatable bonds is 5. The second kappa shape index (κ2) is 5.14. The van der Waals surface area contributed by atoms with Crippen LogP contribution in [0.2, 0.25) is 0 Å². The van der Waals surface area contributed by atoms with Crippen LogP contribution in [0.3, 0.4) is 0 Å². The van der Waals surface area contributed by atoms with Gasteiger partial charge in [-0.25, -0.2) is 9.37 Å². The van der Waals surface area contributed by atoms with Crippen LogP contribution < -0.4 is 5.32 Å². The molecular formula is C12H14FN3O2. The molecule has 2 rings (SSSR count). The summed E-state index contributed by atoms with van der Waals surface area (Å²) < 4.78 is 13.0. The van der Waals surface area contributed by atoms with Gasteiger partial charge in [-0.3, -0.25) is 4.79 Å². The Balaban J connectivity index is 2.22. The number of aromatic amines is 1. The number of fused-ring (bicyclic) bond motifs is 1. The summed E-state index contributed by atoms with van der Waals surface area (Å²) in [6.07, 6.45) is 0.236. The Hall–Kier alpha value is -1.95. The zero-order valence-corrected chi connectivity index (χ0v) is 9.90. The number of hydrogen-bond donors (Lipinski definition) is 3. The molecule has 0 bridgehead atoms. The molecule has 3 N–H and O–H groups in total. The zero-order valence-electron chi connectivity index (χ0n) is 9.90. The van der Waals surface area contributed by atoms with Gasteiger partial charge in [-0.15, -0.1) is 0 Å². The van der Waals surface area contributed by atoms with Crippen LogP contribution in [-0.2, 0) is 11.2 Å². The average Bonchev–Trinajstić information content (AvgIpc) is 2.69. The number of halogens is 1. The lowest BCUT2D eigenvalue weighted by atomic mass is 10.2. The Morgan fingerprint density at radius 3 is 3.06 bits per heavy atom. The van der Waals surface area contributed by atoms with E-state index in [0.717, 1.165) is 0 Å². The van der Waals surface area contributed by atoms with Crippen LogP contribution in [-0.4, -0.2) is 33.6 Å². The molecule has 1 heterocycles. The van der Waals surface area contributed by atoms with Gasteiger partial charge in [-0.2, -0.15) is 0 Å². The number of aromatic nitrogens is 2. The van der Waals surface area contributed by atoms with Gasteiger partial charge in [-0.05, 0) is 24.7 Å². The second-order valence-corrected chi connectivity index (χ2v) is 4.00. The Morgan fingerprint density at radius 2 is 2.39 bits per heavy atom. The molecule has 18 heavy (non-hydrogen) atoms.